The maximum Gasteiger partial charge on any atom is 0.410 e. The van der Waals surface area contributed by atoms with E-state index in [-0.39, 0.29) is 6.61 Å². The number of rotatable bonds is 4. The predicted molar refractivity (Wildman–Crippen MR) is 55.1 cm³/mol. The van der Waals surface area contributed by atoms with Gasteiger partial charge in [0.1, 0.15) is 6.23 Å². The fourth-order valence-electron chi connectivity index (χ4n) is 1.70. The van der Waals surface area contributed by atoms with Gasteiger partial charge in [-0.2, -0.15) is 0 Å². The third kappa shape index (κ3) is 2.63. The van der Waals surface area contributed by atoms with E-state index in [1.807, 2.05) is 13.8 Å². The number of carboxylic acid groups (broad SMARTS) is 2. The molecule has 0 aliphatic carbocycles. The van der Waals surface area contributed by atoms with Gasteiger partial charge in [0.05, 0.1) is 6.61 Å². The van der Waals surface area contributed by atoms with E-state index < -0.39 is 24.3 Å². The minimum Gasteiger partial charge on any atom is -0.480 e. The monoisotopic (exact) mass is 231 g/mol. The van der Waals surface area contributed by atoms with Gasteiger partial charge in [-0.05, 0) is 12.3 Å². The third-order valence-electron chi connectivity index (χ3n) is 2.90. The second-order valence-corrected chi connectivity index (χ2v) is 4.08. The third-order valence-corrected chi connectivity index (χ3v) is 2.90. The van der Waals surface area contributed by atoms with Crippen molar-refractivity contribution in [3.8, 4) is 0 Å². The molecule has 0 radical (unpaired) electrons. The molecule has 0 aromatic carbocycles. The highest BCUT2D eigenvalue weighted by Gasteiger charge is 2.42. The Morgan fingerprint density at radius 3 is 2.56 bits per heavy atom. The van der Waals surface area contributed by atoms with Gasteiger partial charge in [-0.1, -0.05) is 20.3 Å². The van der Waals surface area contributed by atoms with Crippen LogP contribution in [0.2, 0.25) is 0 Å². The maximum atomic E-state index is 11.0. The van der Waals surface area contributed by atoms with E-state index in [1.165, 1.54) is 0 Å². The van der Waals surface area contributed by atoms with Crippen LogP contribution in [0.4, 0.5) is 4.79 Å². The lowest BCUT2D eigenvalue weighted by Gasteiger charge is -2.24. The molecule has 0 bridgehead atoms. The molecule has 1 aliphatic rings. The van der Waals surface area contributed by atoms with Crippen LogP contribution in [0, 0.1) is 5.92 Å². The van der Waals surface area contributed by atoms with Gasteiger partial charge >= 0.3 is 12.1 Å². The lowest BCUT2D eigenvalue weighted by molar-refractivity contribution is -0.141. The van der Waals surface area contributed by atoms with Gasteiger partial charge < -0.3 is 14.9 Å². The Hall–Kier alpha value is -1.30. The Morgan fingerprint density at radius 2 is 2.12 bits per heavy atom. The molecule has 1 aliphatic heterocycles. The van der Waals surface area contributed by atoms with Crippen molar-refractivity contribution < 1.29 is 24.5 Å². The van der Waals surface area contributed by atoms with E-state index >= 15 is 0 Å². The molecule has 0 aromatic rings. The van der Waals surface area contributed by atoms with Crippen molar-refractivity contribution in [1.29, 1.82) is 0 Å². The summed E-state index contributed by atoms with van der Waals surface area (Å²) < 4.78 is 5.24. The van der Waals surface area contributed by atoms with Gasteiger partial charge in [0.2, 0.25) is 0 Å². The first-order chi connectivity index (χ1) is 7.47. The summed E-state index contributed by atoms with van der Waals surface area (Å²) in [4.78, 5) is 22.7. The summed E-state index contributed by atoms with van der Waals surface area (Å²) in [6.07, 6.45) is -0.427. The normalized spacial score (nSPS) is 26.8. The number of aliphatic carboxylic acids is 1. The quantitative estimate of drug-likeness (QED) is 0.759. The highest BCUT2D eigenvalue weighted by molar-refractivity contribution is 5.80. The molecule has 1 saturated heterocycles. The Morgan fingerprint density at radius 1 is 1.50 bits per heavy atom. The van der Waals surface area contributed by atoms with Crippen molar-refractivity contribution in [1.82, 2.24) is 4.90 Å². The highest BCUT2D eigenvalue weighted by Crippen LogP contribution is 2.24. The minimum absolute atomic E-state index is 0.0667. The van der Waals surface area contributed by atoms with Crippen LogP contribution in [0.3, 0.4) is 0 Å². The summed E-state index contributed by atoms with van der Waals surface area (Å²) in [5, 5.41) is 17.8. The van der Waals surface area contributed by atoms with Crippen molar-refractivity contribution in [3.63, 3.8) is 0 Å². The maximum absolute atomic E-state index is 11.0. The summed E-state index contributed by atoms with van der Waals surface area (Å²) in [6, 6.07) is -1.08. The van der Waals surface area contributed by atoms with Crippen LogP contribution in [0.15, 0.2) is 0 Å². The largest absolute Gasteiger partial charge is 0.480 e. The summed E-state index contributed by atoms with van der Waals surface area (Å²) >= 11 is 0. The molecule has 1 heterocycles. The summed E-state index contributed by atoms with van der Waals surface area (Å²) in [7, 11) is 0. The molecule has 3 atom stereocenters. The van der Waals surface area contributed by atoms with Gasteiger partial charge in [-0.25, -0.2) is 9.59 Å². The van der Waals surface area contributed by atoms with E-state index in [4.69, 9.17) is 14.9 Å². The summed E-state index contributed by atoms with van der Waals surface area (Å²) in [5.41, 5.74) is 0. The fraction of sp³-hybridized carbons (Fsp3) is 0.800. The number of ether oxygens (including phenoxy) is 1. The van der Waals surface area contributed by atoms with Crippen molar-refractivity contribution in [3.05, 3.63) is 0 Å². The van der Waals surface area contributed by atoms with Crippen LogP contribution < -0.4 is 0 Å². The van der Waals surface area contributed by atoms with E-state index in [2.05, 4.69) is 0 Å². The van der Waals surface area contributed by atoms with E-state index in [1.54, 1.807) is 0 Å². The Kier molecular flexibility index (Phi) is 4.12. The fourth-order valence-corrected chi connectivity index (χ4v) is 1.70. The second-order valence-electron chi connectivity index (χ2n) is 4.08. The molecule has 6 nitrogen and oxygen atoms in total. The van der Waals surface area contributed by atoms with E-state index in [0.29, 0.717) is 12.3 Å². The van der Waals surface area contributed by atoms with Crippen molar-refractivity contribution >= 4 is 12.1 Å². The smallest absolute Gasteiger partial charge is 0.410 e. The number of amides is 1. The number of nitrogens with zero attached hydrogens (tertiary/aromatic N) is 1. The van der Waals surface area contributed by atoms with Crippen molar-refractivity contribution in [2.24, 2.45) is 5.92 Å². The van der Waals surface area contributed by atoms with Crippen LogP contribution in [0.1, 0.15) is 26.7 Å². The Balaban J connectivity index is 2.72. The first kappa shape index (κ1) is 12.8. The van der Waals surface area contributed by atoms with Crippen LogP contribution >= 0.6 is 0 Å². The van der Waals surface area contributed by atoms with Gasteiger partial charge in [0, 0.05) is 0 Å². The first-order valence-corrected chi connectivity index (χ1v) is 5.33. The average Bonchev–Trinajstić information content (AvgIpc) is 2.61. The molecular weight excluding hydrogens is 214 g/mol. The predicted octanol–water partition coefficient (Wildman–Crippen LogP) is 1.21. The SMILES string of the molecule is CCC(C)C[C@H]1OC[C@@H](C(=O)O)N1C(=O)O. The molecule has 1 rings (SSSR count). The molecule has 1 unspecified atom stereocenters. The highest BCUT2D eigenvalue weighted by atomic mass is 16.5. The molecule has 6 heteroatoms. The van der Waals surface area contributed by atoms with Crippen LogP contribution in [0.25, 0.3) is 0 Å². The van der Waals surface area contributed by atoms with Crippen LogP contribution in [-0.4, -0.2) is 46.1 Å². The molecular formula is C10H17NO5. The molecule has 0 spiro atoms. The van der Waals surface area contributed by atoms with Crippen molar-refractivity contribution in [2.75, 3.05) is 6.61 Å². The number of hydrogen-bond acceptors (Lipinski definition) is 3. The van der Waals surface area contributed by atoms with E-state index in [9.17, 15) is 9.59 Å². The summed E-state index contributed by atoms with van der Waals surface area (Å²) in [6.45, 7) is 3.92. The Bertz CT molecular complexity index is 280. The van der Waals surface area contributed by atoms with Gasteiger partial charge in [-0.15, -0.1) is 0 Å². The Labute approximate surface area is 93.8 Å². The second kappa shape index (κ2) is 5.16. The zero-order valence-corrected chi connectivity index (χ0v) is 9.42. The van der Waals surface area contributed by atoms with Gasteiger partial charge in [0.25, 0.3) is 0 Å². The zero-order valence-electron chi connectivity index (χ0n) is 9.42. The molecule has 0 aromatic heterocycles. The zero-order chi connectivity index (χ0) is 12.3. The minimum atomic E-state index is -1.24. The lowest BCUT2D eigenvalue weighted by atomic mass is 10.0. The average molecular weight is 231 g/mol. The number of carbonyl (C=O) groups is 2. The van der Waals surface area contributed by atoms with Gasteiger partial charge in [-0.3, -0.25) is 4.90 Å². The number of carboxylic acids is 1. The van der Waals surface area contributed by atoms with Crippen molar-refractivity contribution in [2.45, 2.75) is 39.0 Å². The van der Waals surface area contributed by atoms with Crippen LogP contribution in [-0.2, 0) is 9.53 Å². The van der Waals surface area contributed by atoms with Crippen LogP contribution in [0.5, 0.6) is 0 Å². The molecule has 16 heavy (non-hydrogen) atoms. The van der Waals surface area contributed by atoms with Gasteiger partial charge in [0.15, 0.2) is 6.04 Å². The molecule has 92 valence electrons. The summed E-state index contributed by atoms with van der Waals surface area (Å²) in [5.74, 6) is -0.853. The molecule has 2 N–H and O–H groups in total. The molecule has 1 fully saturated rings. The van der Waals surface area contributed by atoms with E-state index in [0.717, 1.165) is 11.3 Å². The topological polar surface area (TPSA) is 87.1 Å². The number of hydrogen-bond donors (Lipinski definition) is 2. The standard InChI is InChI=1S/C10H17NO5/c1-3-6(2)4-8-11(10(14)15)7(5-16-8)9(12)13/h6-8H,3-5H2,1-2H3,(H,12,13)(H,14,15)/t6?,7-,8+/m0/s1. The molecule has 0 saturated carbocycles. The molecule has 1 amide bonds. The first-order valence-electron chi connectivity index (χ1n) is 5.33. The lowest BCUT2D eigenvalue weighted by Crippen LogP contribution is -2.45.